The molecule has 1 aromatic rings. The molecule has 38 heavy (non-hydrogen) atoms. The van der Waals surface area contributed by atoms with Crippen molar-refractivity contribution in [3.8, 4) is 11.5 Å². The number of carbonyl (C=O) groups excluding carboxylic acids is 3. The number of ketones is 2. The topological polar surface area (TPSA) is 174 Å². The molecule has 0 radical (unpaired) electrons. The summed E-state index contributed by atoms with van der Waals surface area (Å²) in [6.07, 6.45) is 2.40. The van der Waals surface area contributed by atoms with Crippen molar-refractivity contribution >= 4 is 23.2 Å². The van der Waals surface area contributed by atoms with E-state index in [2.05, 4.69) is 4.90 Å². The number of aliphatic hydroxyl groups excluding tert-OH is 2. The number of hydrogen-bond acceptors (Lipinski definition) is 10. The molecule has 4 aliphatic rings. The summed E-state index contributed by atoms with van der Waals surface area (Å²) in [7, 11) is 4.65. The number of ether oxygens (including phenoxy) is 1. The Labute approximate surface area is 219 Å². The first-order valence-electron chi connectivity index (χ1n) is 12.7. The van der Waals surface area contributed by atoms with Crippen LogP contribution < -0.4 is 10.5 Å². The van der Waals surface area contributed by atoms with Gasteiger partial charge in [0.2, 0.25) is 5.78 Å². The Morgan fingerprint density at radius 3 is 2.45 bits per heavy atom. The third-order valence-corrected chi connectivity index (χ3v) is 8.54. The molecule has 1 amide bonds. The van der Waals surface area contributed by atoms with Crippen molar-refractivity contribution in [1.29, 1.82) is 0 Å². The van der Waals surface area contributed by atoms with E-state index in [1.54, 1.807) is 14.1 Å². The van der Waals surface area contributed by atoms with Gasteiger partial charge in [-0.15, -0.1) is 0 Å². The maximum atomic E-state index is 13.9. The van der Waals surface area contributed by atoms with E-state index in [0.29, 0.717) is 17.9 Å². The van der Waals surface area contributed by atoms with Crippen LogP contribution in [-0.4, -0.2) is 93.6 Å². The van der Waals surface area contributed by atoms with Crippen LogP contribution >= 0.6 is 0 Å². The quantitative estimate of drug-likeness (QED) is 0.341. The Bertz CT molecular complexity index is 1310. The fourth-order valence-electron chi connectivity index (χ4n) is 6.91. The standard InChI is InChI=1S/C27H33N3O8/c1-29(2)20-15-9-12-8-14-18(16(31)10-13(23(14)38-3)11-30-6-4-5-7-30)21(32)17(12)24(34)27(15,37)25(35)19(22(20)33)26(28)36/h10,12,15,20,31-32,35,37H,4-9,11H2,1-3H3,(H2,28,36)/t12-,15-,20-,27-/m0/s1. The van der Waals surface area contributed by atoms with E-state index in [9.17, 15) is 34.8 Å². The number of phenolic OH excluding ortho intramolecular Hbond substituents is 1. The molecule has 3 aliphatic carbocycles. The zero-order valence-electron chi connectivity index (χ0n) is 21.7. The van der Waals surface area contributed by atoms with Crippen molar-refractivity contribution in [2.45, 2.75) is 43.9 Å². The first kappa shape index (κ1) is 26.2. The highest BCUT2D eigenvalue weighted by Crippen LogP contribution is 2.54. The number of rotatable bonds is 5. The maximum Gasteiger partial charge on any atom is 0.255 e. The summed E-state index contributed by atoms with van der Waals surface area (Å²) in [6, 6.07) is 0.395. The largest absolute Gasteiger partial charge is 0.508 e. The highest BCUT2D eigenvalue weighted by Gasteiger charge is 2.64. The van der Waals surface area contributed by atoms with Crippen LogP contribution in [0.2, 0.25) is 0 Å². The summed E-state index contributed by atoms with van der Waals surface area (Å²) in [5, 5.41) is 44.9. The van der Waals surface area contributed by atoms with E-state index in [-0.39, 0.29) is 29.7 Å². The molecule has 6 N–H and O–H groups in total. The third kappa shape index (κ3) is 3.56. The normalized spacial score (nSPS) is 29.4. The molecular weight excluding hydrogens is 494 g/mol. The SMILES string of the molecule is COc1c(CN2CCCC2)cc(O)c2c1C[C@H]1C[C@H]3[C@H](N(C)C)C(=O)C(C(N)=O)=C(O)[C@@]3(O)C(=O)C1=C2O. The van der Waals surface area contributed by atoms with E-state index in [1.807, 2.05) is 0 Å². The zero-order valence-corrected chi connectivity index (χ0v) is 21.7. The Morgan fingerprint density at radius 2 is 1.87 bits per heavy atom. The van der Waals surface area contributed by atoms with Crippen molar-refractivity contribution in [3.05, 3.63) is 39.7 Å². The Kier molecular flexibility index (Phi) is 6.28. The second kappa shape index (κ2) is 9.11. The Balaban J connectivity index is 1.68. The highest BCUT2D eigenvalue weighted by molar-refractivity contribution is 6.24. The van der Waals surface area contributed by atoms with Gasteiger partial charge in [-0.2, -0.15) is 0 Å². The van der Waals surface area contributed by atoms with Crippen molar-refractivity contribution in [2.24, 2.45) is 17.6 Å². The number of likely N-dealkylation sites (tertiary alicyclic amines) is 1. The molecule has 1 aromatic carbocycles. The van der Waals surface area contributed by atoms with Gasteiger partial charge < -0.3 is 30.9 Å². The number of carbonyl (C=O) groups is 3. The predicted molar refractivity (Wildman–Crippen MR) is 135 cm³/mol. The molecule has 1 aliphatic heterocycles. The number of amides is 1. The number of nitrogens with zero attached hydrogens (tertiary/aromatic N) is 2. The second-order valence-electron chi connectivity index (χ2n) is 10.9. The molecule has 1 heterocycles. The van der Waals surface area contributed by atoms with E-state index < -0.39 is 58.0 Å². The van der Waals surface area contributed by atoms with Gasteiger partial charge in [0, 0.05) is 29.2 Å². The third-order valence-electron chi connectivity index (χ3n) is 8.54. The molecule has 0 unspecified atom stereocenters. The van der Waals surface area contributed by atoms with Crippen LogP contribution in [-0.2, 0) is 27.3 Å². The average molecular weight is 528 g/mol. The van der Waals surface area contributed by atoms with Gasteiger partial charge in [0.25, 0.3) is 5.91 Å². The summed E-state index contributed by atoms with van der Waals surface area (Å²) in [5.41, 5.74) is 3.01. The second-order valence-corrected chi connectivity index (χ2v) is 10.9. The zero-order chi connectivity index (χ0) is 27.7. The van der Waals surface area contributed by atoms with Crippen LogP contribution in [0.3, 0.4) is 0 Å². The van der Waals surface area contributed by atoms with Crippen molar-refractivity contribution in [2.75, 3.05) is 34.3 Å². The van der Waals surface area contributed by atoms with Crippen LogP contribution in [0.1, 0.15) is 36.0 Å². The molecule has 2 fully saturated rings. The van der Waals surface area contributed by atoms with Gasteiger partial charge in [-0.3, -0.25) is 24.2 Å². The molecule has 5 rings (SSSR count). The number of aliphatic hydroxyl groups is 3. The van der Waals surface area contributed by atoms with E-state index in [1.165, 1.54) is 18.1 Å². The number of Topliss-reactive ketones (excluding diaryl/α,β-unsaturated/α-hetero) is 2. The molecule has 1 saturated heterocycles. The van der Waals surface area contributed by atoms with E-state index in [0.717, 1.165) is 31.5 Å². The van der Waals surface area contributed by atoms with Crippen LogP contribution in [0.4, 0.5) is 0 Å². The minimum absolute atomic E-state index is 0.0308. The molecule has 204 valence electrons. The monoisotopic (exact) mass is 527 g/mol. The number of phenols is 1. The molecular formula is C27H33N3O8. The number of methoxy groups -OCH3 is 1. The van der Waals surface area contributed by atoms with Gasteiger partial charge in [0.1, 0.15) is 28.6 Å². The number of likely N-dealkylation sites (N-methyl/N-ethyl adjacent to an activating group) is 1. The van der Waals surface area contributed by atoms with Gasteiger partial charge in [-0.25, -0.2) is 0 Å². The molecule has 0 spiro atoms. The van der Waals surface area contributed by atoms with E-state index >= 15 is 0 Å². The van der Waals surface area contributed by atoms with Gasteiger partial charge in [-0.05, 0) is 64.9 Å². The van der Waals surface area contributed by atoms with E-state index in [4.69, 9.17) is 10.5 Å². The predicted octanol–water partition coefficient (Wildman–Crippen LogP) is 0.568. The van der Waals surface area contributed by atoms with Crippen molar-refractivity contribution in [1.82, 2.24) is 9.80 Å². The fraction of sp³-hybridized carbons (Fsp3) is 0.519. The summed E-state index contributed by atoms with van der Waals surface area (Å²) in [5.74, 6) is -6.19. The Morgan fingerprint density at radius 1 is 1.21 bits per heavy atom. The fourth-order valence-corrected chi connectivity index (χ4v) is 6.91. The summed E-state index contributed by atoms with van der Waals surface area (Å²) in [6.45, 7) is 2.41. The minimum atomic E-state index is -2.65. The van der Waals surface area contributed by atoms with Crippen LogP contribution in [0.25, 0.3) is 5.76 Å². The van der Waals surface area contributed by atoms with Gasteiger partial charge >= 0.3 is 0 Å². The molecule has 11 heteroatoms. The molecule has 0 aromatic heterocycles. The van der Waals surface area contributed by atoms with Gasteiger partial charge in [-0.1, -0.05) is 0 Å². The molecule has 0 bridgehead atoms. The lowest BCUT2D eigenvalue weighted by molar-refractivity contribution is -0.153. The first-order chi connectivity index (χ1) is 17.9. The first-order valence-corrected chi connectivity index (χ1v) is 12.7. The lowest BCUT2D eigenvalue weighted by Gasteiger charge is -2.50. The smallest absolute Gasteiger partial charge is 0.255 e. The van der Waals surface area contributed by atoms with Crippen LogP contribution in [0.15, 0.2) is 23.0 Å². The number of primary amides is 1. The number of aromatic hydroxyl groups is 1. The molecule has 4 atom stereocenters. The number of benzene rings is 1. The lowest BCUT2D eigenvalue weighted by atomic mass is 9.57. The van der Waals surface area contributed by atoms with Crippen LogP contribution in [0.5, 0.6) is 11.5 Å². The summed E-state index contributed by atoms with van der Waals surface area (Å²) >= 11 is 0. The summed E-state index contributed by atoms with van der Waals surface area (Å²) in [4.78, 5) is 42.9. The number of hydrogen-bond donors (Lipinski definition) is 5. The van der Waals surface area contributed by atoms with Crippen molar-refractivity contribution in [3.63, 3.8) is 0 Å². The lowest BCUT2D eigenvalue weighted by Crippen LogP contribution is -2.65. The van der Waals surface area contributed by atoms with Gasteiger partial charge in [0.05, 0.1) is 18.7 Å². The Hall–Kier alpha value is -3.41. The molecule has 11 nitrogen and oxygen atoms in total. The van der Waals surface area contributed by atoms with Crippen LogP contribution in [0, 0.1) is 11.8 Å². The average Bonchev–Trinajstić information content (AvgIpc) is 3.34. The minimum Gasteiger partial charge on any atom is -0.508 e. The van der Waals surface area contributed by atoms with Gasteiger partial charge in [0.15, 0.2) is 11.4 Å². The molecule has 1 saturated carbocycles. The van der Waals surface area contributed by atoms with Crippen molar-refractivity contribution < 1.29 is 39.5 Å². The maximum absolute atomic E-state index is 13.9. The number of nitrogens with two attached hydrogens (primary N) is 1. The number of fused-ring (bicyclic) bond motifs is 3. The summed E-state index contributed by atoms with van der Waals surface area (Å²) < 4.78 is 5.76. The highest BCUT2D eigenvalue weighted by atomic mass is 16.5.